The zero-order valence-electron chi connectivity index (χ0n) is 11.2. The molecule has 1 aromatic rings. The summed E-state index contributed by atoms with van der Waals surface area (Å²) in [4.78, 5) is 23.6. The Bertz CT molecular complexity index is 611. The summed E-state index contributed by atoms with van der Waals surface area (Å²) in [6.07, 6.45) is -1.46. The first-order valence-electron chi connectivity index (χ1n) is 5.96. The number of nitrogens with one attached hydrogen (secondary N) is 1. The largest absolute Gasteiger partial charge is 0.493 e. The van der Waals surface area contributed by atoms with Crippen molar-refractivity contribution in [3.8, 4) is 17.2 Å². The molecule has 7 heteroatoms. The van der Waals surface area contributed by atoms with Gasteiger partial charge in [0, 0.05) is 0 Å². The second-order valence-electron chi connectivity index (χ2n) is 4.42. The quantitative estimate of drug-likeness (QED) is 0.890. The van der Waals surface area contributed by atoms with Crippen LogP contribution in [-0.2, 0) is 4.74 Å². The molecule has 0 unspecified atom stereocenters. The van der Waals surface area contributed by atoms with Crippen LogP contribution in [-0.4, -0.2) is 39.3 Å². The summed E-state index contributed by atoms with van der Waals surface area (Å²) in [5.41, 5.74) is 0.973. The minimum Gasteiger partial charge on any atom is -0.493 e. The average molecular weight is 279 g/mol. The average Bonchev–Trinajstić information content (AvgIpc) is 2.95. The number of benzene rings is 1. The molecule has 0 radical (unpaired) electrons. The van der Waals surface area contributed by atoms with Gasteiger partial charge in [0.25, 0.3) is 0 Å². The normalized spacial score (nSPS) is 22.8. The third-order valence-electron chi connectivity index (χ3n) is 3.51. The third kappa shape index (κ3) is 1.46. The van der Waals surface area contributed by atoms with E-state index in [0.29, 0.717) is 28.4 Å². The second kappa shape index (κ2) is 4.29. The van der Waals surface area contributed by atoms with Crippen LogP contribution in [0.1, 0.15) is 22.0 Å². The first-order valence-corrected chi connectivity index (χ1v) is 5.96. The van der Waals surface area contributed by atoms with Crippen LogP contribution >= 0.6 is 0 Å². The lowest BCUT2D eigenvalue weighted by Gasteiger charge is -2.16. The van der Waals surface area contributed by atoms with Crippen molar-refractivity contribution in [2.45, 2.75) is 12.1 Å². The molecule has 1 N–H and O–H groups in total. The molecule has 1 aliphatic carbocycles. The molecule has 0 aromatic heterocycles. The summed E-state index contributed by atoms with van der Waals surface area (Å²) in [5.74, 6) is 0.756. The van der Waals surface area contributed by atoms with Crippen LogP contribution in [0, 0.1) is 0 Å². The van der Waals surface area contributed by atoms with Gasteiger partial charge < -0.3 is 24.3 Å². The van der Waals surface area contributed by atoms with E-state index in [0.717, 1.165) is 0 Å². The van der Waals surface area contributed by atoms with Gasteiger partial charge in [0.2, 0.25) is 11.5 Å². The Labute approximate surface area is 114 Å². The molecule has 20 heavy (non-hydrogen) atoms. The molecule has 1 amide bonds. The SMILES string of the molecule is COc1cc2c(c(OC)c1OC)C(=O)[C@H]1OC(=O)N[C@@H]21. The predicted octanol–water partition coefficient (Wildman–Crippen LogP) is 1.06. The van der Waals surface area contributed by atoms with Crippen LogP contribution < -0.4 is 19.5 Å². The van der Waals surface area contributed by atoms with Crippen LogP contribution in [0.15, 0.2) is 6.07 Å². The topological polar surface area (TPSA) is 83.1 Å². The second-order valence-corrected chi connectivity index (χ2v) is 4.42. The number of alkyl carbamates (subject to hydrolysis) is 1. The Hall–Kier alpha value is -2.44. The Morgan fingerprint density at radius 1 is 1.10 bits per heavy atom. The van der Waals surface area contributed by atoms with Crippen LogP contribution in [0.2, 0.25) is 0 Å². The van der Waals surface area contributed by atoms with Gasteiger partial charge in [-0.15, -0.1) is 0 Å². The van der Waals surface area contributed by atoms with E-state index in [1.807, 2.05) is 0 Å². The van der Waals surface area contributed by atoms with Gasteiger partial charge in [0.05, 0.1) is 26.9 Å². The van der Waals surface area contributed by atoms with E-state index in [1.54, 1.807) is 6.07 Å². The molecule has 106 valence electrons. The molecular formula is C13H13NO6. The highest BCUT2D eigenvalue weighted by Crippen LogP contribution is 2.49. The van der Waals surface area contributed by atoms with E-state index in [-0.39, 0.29) is 5.78 Å². The highest BCUT2D eigenvalue weighted by Gasteiger charge is 2.50. The molecule has 3 rings (SSSR count). The van der Waals surface area contributed by atoms with Gasteiger partial charge >= 0.3 is 6.09 Å². The minimum atomic E-state index is -0.858. The molecular weight excluding hydrogens is 266 g/mol. The Morgan fingerprint density at radius 2 is 1.80 bits per heavy atom. The third-order valence-corrected chi connectivity index (χ3v) is 3.51. The maximum atomic E-state index is 12.4. The molecule has 2 aliphatic rings. The smallest absolute Gasteiger partial charge is 0.408 e. The van der Waals surface area contributed by atoms with E-state index < -0.39 is 18.2 Å². The van der Waals surface area contributed by atoms with Crippen molar-refractivity contribution in [2.24, 2.45) is 0 Å². The first kappa shape index (κ1) is 12.6. The number of carbonyl (C=O) groups is 2. The van der Waals surface area contributed by atoms with Gasteiger partial charge in [-0.2, -0.15) is 0 Å². The minimum absolute atomic E-state index is 0.291. The van der Waals surface area contributed by atoms with Gasteiger partial charge in [-0.1, -0.05) is 0 Å². The number of carbonyl (C=O) groups excluding carboxylic acids is 2. The summed E-state index contributed by atoms with van der Waals surface area (Å²) >= 11 is 0. The number of hydrogen-bond acceptors (Lipinski definition) is 6. The molecule has 1 fully saturated rings. The van der Waals surface area contributed by atoms with Crippen LogP contribution in [0.4, 0.5) is 4.79 Å². The Balaban J connectivity index is 2.24. The van der Waals surface area contributed by atoms with E-state index in [2.05, 4.69) is 5.32 Å². The van der Waals surface area contributed by atoms with Crippen LogP contribution in [0.25, 0.3) is 0 Å². The lowest BCUT2D eigenvalue weighted by atomic mass is 10.1. The molecule has 7 nitrogen and oxygen atoms in total. The van der Waals surface area contributed by atoms with E-state index in [4.69, 9.17) is 18.9 Å². The molecule has 0 spiro atoms. The van der Waals surface area contributed by atoms with Crippen molar-refractivity contribution < 1.29 is 28.5 Å². The van der Waals surface area contributed by atoms with Crippen molar-refractivity contribution in [3.63, 3.8) is 0 Å². The van der Waals surface area contributed by atoms with Crippen molar-refractivity contribution >= 4 is 11.9 Å². The Kier molecular flexibility index (Phi) is 2.70. The molecule has 1 aromatic carbocycles. The fourth-order valence-electron chi connectivity index (χ4n) is 2.68. The molecule has 0 bridgehead atoms. The van der Waals surface area contributed by atoms with Gasteiger partial charge in [-0.05, 0) is 11.6 Å². The summed E-state index contributed by atoms with van der Waals surface area (Å²) in [5, 5.41) is 2.61. The van der Waals surface area contributed by atoms with E-state index in [1.165, 1.54) is 21.3 Å². The summed E-state index contributed by atoms with van der Waals surface area (Å²) in [7, 11) is 4.39. The van der Waals surface area contributed by atoms with Crippen molar-refractivity contribution in [1.29, 1.82) is 0 Å². The molecule has 0 saturated carbocycles. The Morgan fingerprint density at radius 3 is 2.40 bits per heavy atom. The zero-order valence-corrected chi connectivity index (χ0v) is 11.2. The first-order chi connectivity index (χ1) is 9.62. The summed E-state index contributed by atoms with van der Waals surface area (Å²) < 4.78 is 20.8. The van der Waals surface area contributed by atoms with Gasteiger partial charge in [0.1, 0.15) is 6.04 Å². The maximum absolute atomic E-state index is 12.4. The van der Waals surface area contributed by atoms with Crippen LogP contribution in [0.3, 0.4) is 0 Å². The number of methoxy groups -OCH3 is 3. The summed E-state index contributed by atoms with van der Waals surface area (Å²) in [6, 6.07) is 1.15. The fraction of sp³-hybridized carbons (Fsp3) is 0.385. The predicted molar refractivity (Wildman–Crippen MR) is 66.6 cm³/mol. The number of hydrogen-bond donors (Lipinski definition) is 1. The number of ether oxygens (including phenoxy) is 4. The van der Waals surface area contributed by atoms with Crippen molar-refractivity contribution in [2.75, 3.05) is 21.3 Å². The number of ketones is 1. The number of amides is 1. The maximum Gasteiger partial charge on any atom is 0.408 e. The zero-order chi connectivity index (χ0) is 14.4. The molecule has 1 saturated heterocycles. The molecule has 2 atom stereocenters. The van der Waals surface area contributed by atoms with E-state index in [9.17, 15) is 9.59 Å². The van der Waals surface area contributed by atoms with Crippen molar-refractivity contribution in [3.05, 3.63) is 17.2 Å². The number of Topliss-reactive ketones (excluding diaryl/α,β-unsaturated/α-hetero) is 1. The highest BCUT2D eigenvalue weighted by molar-refractivity contribution is 6.10. The lowest BCUT2D eigenvalue weighted by Crippen LogP contribution is -2.20. The standard InChI is InChI=1S/C13H13NO6/c1-17-6-4-5-7(11(19-3)10(6)18-2)9(15)12-8(5)14-13(16)20-12/h4,8,12H,1-3H3,(H,14,16)/t8-,12-/m0/s1. The molecule has 1 heterocycles. The van der Waals surface area contributed by atoms with Gasteiger partial charge in [-0.3, -0.25) is 4.79 Å². The monoisotopic (exact) mass is 279 g/mol. The summed E-state index contributed by atoms with van der Waals surface area (Å²) in [6.45, 7) is 0. The van der Waals surface area contributed by atoms with Gasteiger partial charge in [0.15, 0.2) is 17.6 Å². The van der Waals surface area contributed by atoms with Gasteiger partial charge in [-0.25, -0.2) is 4.79 Å². The van der Waals surface area contributed by atoms with Crippen molar-refractivity contribution in [1.82, 2.24) is 5.32 Å². The lowest BCUT2D eigenvalue weighted by molar-refractivity contribution is 0.0750. The van der Waals surface area contributed by atoms with E-state index >= 15 is 0 Å². The molecule has 1 aliphatic heterocycles. The van der Waals surface area contributed by atoms with Crippen LogP contribution in [0.5, 0.6) is 17.2 Å². The number of rotatable bonds is 3. The fourth-order valence-corrected chi connectivity index (χ4v) is 2.68. The highest BCUT2D eigenvalue weighted by atomic mass is 16.6. The number of fused-ring (bicyclic) bond motifs is 3.